The third-order valence-corrected chi connectivity index (χ3v) is 8.30. The average Bonchev–Trinajstić information content (AvgIpc) is 2.94. The summed E-state index contributed by atoms with van der Waals surface area (Å²) >= 11 is 0. The summed E-state index contributed by atoms with van der Waals surface area (Å²) in [6.45, 7) is 17.3. The van der Waals surface area contributed by atoms with E-state index in [0.717, 1.165) is 93.3 Å². The zero-order valence-electron chi connectivity index (χ0n) is 27.9. The van der Waals surface area contributed by atoms with Crippen LogP contribution in [0.15, 0.2) is 42.5 Å². The number of hydrogen-bond donors (Lipinski definition) is 0. The number of rotatable bonds is 14. The summed E-state index contributed by atoms with van der Waals surface area (Å²) in [5.41, 5.74) is 3.41. The first-order chi connectivity index (χ1) is 20.2. The summed E-state index contributed by atoms with van der Waals surface area (Å²) < 4.78 is 5.64. The predicted octanol–water partition coefficient (Wildman–Crippen LogP) is 10.4. The van der Waals surface area contributed by atoms with Crippen molar-refractivity contribution in [2.75, 3.05) is 6.61 Å². The number of Topliss-reactive ketones (excluding diaryl/α,β-unsaturated/α-hetero) is 2. The van der Waals surface area contributed by atoms with Crippen molar-refractivity contribution in [1.82, 2.24) is 0 Å². The Balaban J connectivity index is 0.000000387. The Hall–Kier alpha value is -2.93. The topological polar surface area (TPSA) is 67.2 Å². The molecule has 232 valence electrons. The Kier molecular flexibility index (Phi) is 17.0. The molecule has 0 aliphatic heterocycles. The minimum absolute atomic E-state index is 0.193. The summed E-state index contributed by atoms with van der Waals surface area (Å²) in [7, 11) is 0. The third-order valence-electron chi connectivity index (χ3n) is 8.30. The first-order valence-corrected chi connectivity index (χ1v) is 16.4. The van der Waals surface area contributed by atoms with Gasteiger partial charge in [0.15, 0.2) is 0 Å². The maximum absolute atomic E-state index is 12.9. The summed E-state index contributed by atoms with van der Waals surface area (Å²) in [6.07, 6.45) is 11.8. The molecule has 0 spiro atoms. The molecular formula is C38H57NO3. The number of aryl methyl sites for hydroxylation is 1. The molecule has 4 nitrogen and oxygen atoms in total. The Morgan fingerprint density at radius 2 is 1.50 bits per heavy atom. The molecular weight excluding hydrogens is 518 g/mol. The Morgan fingerprint density at radius 1 is 0.905 bits per heavy atom. The van der Waals surface area contributed by atoms with E-state index in [1.165, 1.54) is 6.42 Å². The summed E-state index contributed by atoms with van der Waals surface area (Å²) in [5, 5.41) is 9.19. The lowest BCUT2D eigenvalue weighted by molar-refractivity contribution is -0.126. The first kappa shape index (κ1) is 37.1. The second-order valence-corrected chi connectivity index (χ2v) is 11.8. The molecule has 2 aromatic rings. The summed E-state index contributed by atoms with van der Waals surface area (Å²) in [4.78, 5) is 24.7. The van der Waals surface area contributed by atoms with Crippen molar-refractivity contribution in [2.24, 2.45) is 0 Å². The van der Waals surface area contributed by atoms with Gasteiger partial charge in [0, 0.05) is 6.42 Å². The van der Waals surface area contributed by atoms with Crippen molar-refractivity contribution < 1.29 is 14.3 Å². The number of nitriles is 1. The van der Waals surface area contributed by atoms with Crippen molar-refractivity contribution >= 4 is 11.6 Å². The minimum Gasteiger partial charge on any atom is -0.494 e. The molecule has 42 heavy (non-hydrogen) atoms. The van der Waals surface area contributed by atoms with Gasteiger partial charge >= 0.3 is 0 Å². The molecule has 0 amide bonds. The zero-order valence-corrected chi connectivity index (χ0v) is 27.9. The minimum atomic E-state index is -0.406. The van der Waals surface area contributed by atoms with Crippen LogP contribution in [0.3, 0.4) is 0 Å². The number of unbranched alkanes of at least 4 members (excludes halogenated alkanes) is 1. The van der Waals surface area contributed by atoms with Crippen molar-refractivity contribution in [2.45, 2.75) is 143 Å². The summed E-state index contributed by atoms with van der Waals surface area (Å²) in [6, 6.07) is 16.1. The predicted molar refractivity (Wildman–Crippen MR) is 176 cm³/mol. The second kappa shape index (κ2) is 19.3. The molecule has 1 fully saturated rings. The maximum Gasteiger partial charge on any atom is 0.143 e. The van der Waals surface area contributed by atoms with Gasteiger partial charge < -0.3 is 4.74 Å². The van der Waals surface area contributed by atoms with Gasteiger partial charge in [-0.05, 0) is 93.3 Å². The van der Waals surface area contributed by atoms with Crippen LogP contribution in [0.25, 0.3) is 0 Å². The first-order valence-electron chi connectivity index (χ1n) is 16.4. The standard InChI is InChI=1S/C19H27NO.C16H22O2.C3H8/c1-5-8-18(21)19(11-6-2,12-7-3)17-13-16(14-20)10-9-15(17)4;1-3-4-12-18-15-8-6-14(7-9-15)16(13(2)17)10-5-11-16;1-3-2/h9-10,13H,5-8,11-12H2,1-4H3;6-9H,3-5,10-12H2,1-2H3;3H2,1-2H3. The quantitative estimate of drug-likeness (QED) is 0.210. The van der Waals surface area contributed by atoms with E-state index < -0.39 is 5.41 Å². The van der Waals surface area contributed by atoms with Crippen molar-refractivity contribution in [1.29, 1.82) is 5.26 Å². The van der Waals surface area contributed by atoms with E-state index in [9.17, 15) is 14.9 Å². The number of ketones is 2. The van der Waals surface area contributed by atoms with Crippen LogP contribution < -0.4 is 4.74 Å². The molecule has 4 heteroatoms. The molecule has 0 atom stereocenters. The van der Waals surface area contributed by atoms with Crippen LogP contribution >= 0.6 is 0 Å². The van der Waals surface area contributed by atoms with E-state index in [1.807, 2.05) is 30.3 Å². The van der Waals surface area contributed by atoms with Gasteiger partial charge in [0.25, 0.3) is 0 Å². The highest BCUT2D eigenvalue weighted by atomic mass is 16.5. The molecule has 1 aliphatic rings. The Bertz CT molecular complexity index is 1120. The Morgan fingerprint density at radius 3 is 1.93 bits per heavy atom. The lowest BCUT2D eigenvalue weighted by atomic mass is 9.62. The third kappa shape index (κ3) is 9.82. The number of benzene rings is 2. The smallest absolute Gasteiger partial charge is 0.143 e. The second-order valence-electron chi connectivity index (χ2n) is 11.8. The lowest BCUT2D eigenvalue weighted by Crippen LogP contribution is -2.40. The van der Waals surface area contributed by atoms with E-state index in [1.54, 1.807) is 6.92 Å². The van der Waals surface area contributed by atoms with Crippen molar-refractivity contribution in [3.63, 3.8) is 0 Å². The Labute approximate surface area is 257 Å². The van der Waals surface area contributed by atoms with E-state index in [4.69, 9.17) is 4.74 Å². The molecule has 0 unspecified atom stereocenters. The van der Waals surface area contributed by atoms with Gasteiger partial charge in [-0.1, -0.05) is 91.8 Å². The molecule has 0 aromatic heterocycles. The molecule has 0 heterocycles. The highest BCUT2D eigenvalue weighted by Gasteiger charge is 2.43. The largest absolute Gasteiger partial charge is 0.494 e. The number of nitrogens with zero attached hydrogens (tertiary/aromatic N) is 1. The number of carbonyl (C=O) groups is 2. The molecule has 1 saturated carbocycles. The fourth-order valence-electron chi connectivity index (χ4n) is 5.93. The van der Waals surface area contributed by atoms with Gasteiger partial charge in [0.1, 0.15) is 17.3 Å². The fraction of sp³-hybridized carbons (Fsp3) is 0.605. The molecule has 1 aliphatic carbocycles. The van der Waals surface area contributed by atoms with E-state index >= 15 is 0 Å². The normalized spacial score (nSPS) is 13.3. The average molecular weight is 576 g/mol. The van der Waals surface area contributed by atoms with Crippen LogP contribution in [0.1, 0.15) is 148 Å². The summed E-state index contributed by atoms with van der Waals surface area (Å²) in [5.74, 6) is 1.55. The zero-order chi connectivity index (χ0) is 31.6. The van der Waals surface area contributed by atoms with Gasteiger partial charge in [0.05, 0.1) is 29.1 Å². The van der Waals surface area contributed by atoms with Crippen LogP contribution in [0, 0.1) is 18.3 Å². The van der Waals surface area contributed by atoms with Crippen LogP contribution in [-0.4, -0.2) is 18.2 Å². The maximum atomic E-state index is 12.9. The van der Waals surface area contributed by atoms with Gasteiger partial charge in [-0.25, -0.2) is 0 Å². The van der Waals surface area contributed by atoms with Gasteiger partial charge in [-0.3, -0.25) is 9.59 Å². The van der Waals surface area contributed by atoms with E-state index in [0.29, 0.717) is 23.6 Å². The molecule has 3 rings (SSSR count). The van der Waals surface area contributed by atoms with Gasteiger partial charge in [0.2, 0.25) is 0 Å². The van der Waals surface area contributed by atoms with Gasteiger partial charge in [-0.2, -0.15) is 5.26 Å². The van der Waals surface area contributed by atoms with Crippen molar-refractivity contribution in [3.8, 4) is 11.8 Å². The van der Waals surface area contributed by atoms with E-state index in [2.05, 4.69) is 66.7 Å². The van der Waals surface area contributed by atoms with Crippen LogP contribution in [0.2, 0.25) is 0 Å². The molecule has 2 aromatic carbocycles. The molecule has 0 radical (unpaired) electrons. The van der Waals surface area contributed by atoms with E-state index in [-0.39, 0.29) is 5.41 Å². The fourth-order valence-corrected chi connectivity index (χ4v) is 5.93. The van der Waals surface area contributed by atoms with Crippen LogP contribution in [-0.2, 0) is 20.4 Å². The lowest BCUT2D eigenvalue weighted by Gasteiger charge is -2.40. The number of hydrogen-bond acceptors (Lipinski definition) is 4. The van der Waals surface area contributed by atoms with Crippen LogP contribution in [0.5, 0.6) is 5.75 Å². The number of ether oxygens (including phenoxy) is 1. The van der Waals surface area contributed by atoms with Gasteiger partial charge in [-0.15, -0.1) is 0 Å². The molecule has 0 N–H and O–H groups in total. The number of carbonyl (C=O) groups excluding carboxylic acids is 2. The highest BCUT2D eigenvalue weighted by Crippen LogP contribution is 2.44. The van der Waals surface area contributed by atoms with Crippen molar-refractivity contribution in [3.05, 3.63) is 64.7 Å². The molecule has 0 saturated heterocycles. The monoisotopic (exact) mass is 575 g/mol. The highest BCUT2D eigenvalue weighted by molar-refractivity contribution is 5.90. The molecule has 0 bridgehead atoms. The SMILES string of the molecule is CCC.CCCC(=O)C(CCC)(CCC)c1cc(C#N)ccc1C.CCCCOc1ccc(C2(C(C)=O)CCC2)cc1. The van der Waals surface area contributed by atoms with Crippen LogP contribution in [0.4, 0.5) is 0 Å².